The molecule has 7 heteroatoms. The molecule has 1 saturated heterocycles. The van der Waals surface area contributed by atoms with Crippen LogP contribution in [-0.4, -0.2) is 39.8 Å². The fourth-order valence-corrected chi connectivity index (χ4v) is 3.69. The number of carbonyl (C=O) groups is 1. The number of hydrogen-bond donors (Lipinski definition) is 2. The van der Waals surface area contributed by atoms with Gasteiger partial charge in [-0.3, -0.25) is 9.36 Å². The van der Waals surface area contributed by atoms with E-state index >= 15 is 0 Å². The van der Waals surface area contributed by atoms with Gasteiger partial charge in [-0.2, -0.15) is 0 Å². The van der Waals surface area contributed by atoms with E-state index < -0.39 is 5.97 Å². The zero-order chi connectivity index (χ0) is 20.4. The maximum Gasteiger partial charge on any atom is 0.335 e. The number of carboxylic acid groups (broad SMARTS) is 1. The summed E-state index contributed by atoms with van der Waals surface area (Å²) >= 11 is 0. The molecule has 2 aromatic carbocycles. The third-order valence-electron chi connectivity index (χ3n) is 5.34. The summed E-state index contributed by atoms with van der Waals surface area (Å²) in [6.45, 7) is 3.47. The van der Waals surface area contributed by atoms with E-state index in [4.69, 9.17) is 4.74 Å². The van der Waals surface area contributed by atoms with E-state index in [9.17, 15) is 14.7 Å². The Morgan fingerprint density at radius 1 is 1.31 bits per heavy atom. The number of aromatic carboxylic acids is 1. The molecule has 150 valence electrons. The Morgan fingerprint density at radius 2 is 2.17 bits per heavy atom. The highest BCUT2D eigenvalue weighted by atomic mass is 16.5. The Morgan fingerprint density at radius 3 is 2.93 bits per heavy atom. The van der Waals surface area contributed by atoms with Crippen molar-refractivity contribution in [1.29, 1.82) is 0 Å². The van der Waals surface area contributed by atoms with Gasteiger partial charge in [-0.05, 0) is 68.6 Å². The monoisotopic (exact) mass is 393 g/mol. The van der Waals surface area contributed by atoms with E-state index in [-0.39, 0.29) is 11.1 Å². The molecule has 1 atom stereocenters. The summed E-state index contributed by atoms with van der Waals surface area (Å²) in [6.07, 6.45) is 4.74. The van der Waals surface area contributed by atoms with Gasteiger partial charge >= 0.3 is 5.97 Å². The minimum atomic E-state index is -1.04. The fraction of sp³-hybridized carbons (Fsp3) is 0.318. The summed E-state index contributed by atoms with van der Waals surface area (Å²) in [4.78, 5) is 28.8. The summed E-state index contributed by atoms with van der Waals surface area (Å²) in [5.74, 6) is -0.413. The lowest BCUT2D eigenvalue weighted by Crippen LogP contribution is -2.23. The number of aryl methyl sites for hydroxylation is 1. The van der Waals surface area contributed by atoms with Crippen LogP contribution >= 0.6 is 0 Å². The van der Waals surface area contributed by atoms with Crippen molar-refractivity contribution < 1.29 is 14.6 Å². The molecule has 1 aromatic heterocycles. The van der Waals surface area contributed by atoms with Crippen LogP contribution in [0.5, 0.6) is 5.75 Å². The molecule has 29 heavy (non-hydrogen) atoms. The quantitative estimate of drug-likeness (QED) is 0.669. The van der Waals surface area contributed by atoms with Crippen LogP contribution < -0.4 is 15.6 Å². The van der Waals surface area contributed by atoms with Crippen LogP contribution in [-0.2, 0) is 0 Å². The molecule has 7 nitrogen and oxygen atoms in total. The van der Waals surface area contributed by atoms with Gasteiger partial charge in [0.15, 0.2) is 0 Å². The third-order valence-corrected chi connectivity index (χ3v) is 5.34. The van der Waals surface area contributed by atoms with Crippen molar-refractivity contribution in [2.45, 2.75) is 32.2 Å². The van der Waals surface area contributed by atoms with E-state index in [1.165, 1.54) is 35.9 Å². The van der Waals surface area contributed by atoms with Gasteiger partial charge in [0.2, 0.25) is 0 Å². The van der Waals surface area contributed by atoms with E-state index in [2.05, 4.69) is 10.3 Å². The van der Waals surface area contributed by atoms with Crippen LogP contribution in [0.2, 0.25) is 0 Å². The number of benzene rings is 2. The molecule has 1 unspecified atom stereocenters. The molecule has 4 rings (SSSR count). The van der Waals surface area contributed by atoms with Crippen LogP contribution in [0.15, 0.2) is 47.5 Å². The maximum atomic E-state index is 13.1. The second-order valence-electron chi connectivity index (χ2n) is 7.34. The first kappa shape index (κ1) is 19.1. The first-order valence-electron chi connectivity index (χ1n) is 9.75. The lowest BCUT2D eigenvalue weighted by molar-refractivity contribution is 0.0697. The van der Waals surface area contributed by atoms with Gasteiger partial charge in [-0.25, -0.2) is 9.78 Å². The van der Waals surface area contributed by atoms with E-state index in [0.717, 1.165) is 18.5 Å². The average Bonchev–Trinajstić information content (AvgIpc) is 3.23. The molecule has 0 radical (unpaired) electrons. The van der Waals surface area contributed by atoms with Gasteiger partial charge < -0.3 is 15.2 Å². The molecule has 0 saturated carbocycles. The van der Waals surface area contributed by atoms with Gasteiger partial charge in [0, 0.05) is 6.04 Å². The van der Waals surface area contributed by atoms with Crippen molar-refractivity contribution in [3.05, 3.63) is 64.2 Å². The molecule has 3 aromatic rings. The van der Waals surface area contributed by atoms with Crippen LogP contribution in [0.4, 0.5) is 0 Å². The SMILES string of the molecule is Cc1ccc(C(=O)O)cc1-n1cnc2ccc(OCCC3CCCN3)cc2c1=O. The number of nitrogens with zero attached hydrogens (tertiary/aromatic N) is 2. The largest absolute Gasteiger partial charge is 0.494 e. The molecule has 2 N–H and O–H groups in total. The lowest BCUT2D eigenvalue weighted by Gasteiger charge is -2.13. The van der Waals surface area contributed by atoms with Crippen LogP contribution in [0.1, 0.15) is 35.2 Å². The van der Waals surface area contributed by atoms with Crippen molar-refractivity contribution in [3.8, 4) is 11.4 Å². The normalized spacial score (nSPS) is 16.2. The number of rotatable bonds is 6. The van der Waals surface area contributed by atoms with Crippen molar-refractivity contribution in [2.75, 3.05) is 13.2 Å². The molecular formula is C22H23N3O4. The van der Waals surface area contributed by atoms with Crippen LogP contribution in [0.3, 0.4) is 0 Å². The Hall–Kier alpha value is -3.19. The summed E-state index contributed by atoms with van der Waals surface area (Å²) in [5.41, 5.74) is 1.72. The zero-order valence-corrected chi connectivity index (χ0v) is 16.2. The fourth-order valence-electron chi connectivity index (χ4n) is 3.69. The Kier molecular flexibility index (Phi) is 5.31. The zero-order valence-electron chi connectivity index (χ0n) is 16.2. The minimum absolute atomic E-state index is 0.121. The van der Waals surface area contributed by atoms with Crippen LogP contribution in [0.25, 0.3) is 16.6 Å². The van der Waals surface area contributed by atoms with Gasteiger partial charge in [-0.1, -0.05) is 6.07 Å². The van der Waals surface area contributed by atoms with Crippen molar-refractivity contribution in [1.82, 2.24) is 14.9 Å². The number of nitrogens with one attached hydrogen (secondary N) is 1. The molecule has 1 aliphatic heterocycles. The average molecular weight is 393 g/mol. The minimum Gasteiger partial charge on any atom is -0.494 e. The molecule has 2 heterocycles. The first-order valence-corrected chi connectivity index (χ1v) is 9.75. The Bertz CT molecular complexity index is 1120. The summed E-state index contributed by atoms with van der Waals surface area (Å²) in [5, 5.41) is 13.1. The van der Waals surface area contributed by atoms with Crippen molar-refractivity contribution in [2.24, 2.45) is 0 Å². The third kappa shape index (κ3) is 4.00. The first-order chi connectivity index (χ1) is 14.0. The second-order valence-corrected chi connectivity index (χ2v) is 7.34. The van der Waals surface area contributed by atoms with Crippen molar-refractivity contribution >= 4 is 16.9 Å². The van der Waals surface area contributed by atoms with Gasteiger partial charge in [-0.15, -0.1) is 0 Å². The maximum absolute atomic E-state index is 13.1. The second kappa shape index (κ2) is 8.05. The predicted octanol–water partition coefficient (Wildman–Crippen LogP) is 2.91. The summed E-state index contributed by atoms with van der Waals surface area (Å²) in [7, 11) is 0. The highest BCUT2D eigenvalue weighted by Gasteiger charge is 2.14. The van der Waals surface area contributed by atoms with Gasteiger partial charge in [0.05, 0.1) is 28.8 Å². The molecule has 0 spiro atoms. The highest BCUT2D eigenvalue weighted by molar-refractivity contribution is 5.88. The molecule has 0 amide bonds. The van der Waals surface area contributed by atoms with Gasteiger partial charge in [0.1, 0.15) is 12.1 Å². The Balaban J connectivity index is 1.65. The summed E-state index contributed by atoms with van der Waals surface area (Å²) in [6, 6.07) is 10.5. The predicted molar refractivity (Wildman–Crippen MR) is 110 cm³/mol. The summed E-state index contributed by atoms with van der Waals surface area (Å²) < 4.78 is 7.24. The Labute approximate surface area is 168 Å². The van der Waals surface area contributed by atoms with Gasteiger partial charge in [0.25, 0.3) is 5.56 Å². The van der Waals surface area contributed by atoms with E-state index in [1.54, 1.807) is 18.2 Å². The van der Waals surface area contributed by atoms with Crippen LogP contribution in [0, 0.1) is 6.92 Å². The molecule has 0 bridgehead atoms. The number of ether oxygens (including phenoxy) is 1. The molecular weight excluding hydrogens is 370 g/mol. The number of fused-ring (bicyclic) bond motifs is 1. The van der Waals surface area contributed by atoms with E-state index in [1.807, 2.05) is 13.0 Å². The smallest absolute Gasteiger partial charge is 0.335 e. The molecule has 1 aliphatic rings. The highest BCUT2D eigenvalue weighted by Crippen LogP contribution is 2.20. The number of aromatic nitrogens is 2. The van der Waals surface area contributed by atoms with Crippen molar-refractivity contribution in [3.63, 3.8) is 0 Å². The topological polar surface area (TPSA) is 93.4 Å². The standard InChI is InChI=1S/C22H23N3O4/c1-14-4-5-15(22(27)28)11-20(14)25-13-24-19-7-6-17(12-18(19)21(25)26)29-10-8-16-3-2-9-23-16/h4-7,11-13,16,23H,2-3,8-10H2,1H3,(H,27,28). The van der Waals surface area contributed by atoms with E-state index in [0.29, 0.717) is 35.0 Å². The molecule has 0 aliphatic carbocycles. The number of hydrogen-bond acceptors (Lipinski definition) is 5. The number of carboxylic acids is 1. The molecule has 1 fully saturated rings. The lowest BCUT2D eigenvalue weighted by atomic mass is 10.1.